The van der Waals surface area contributed by atoms with E-state index < -0.39 is 16.0 Å². The monoisotopic (exact) mass is 322 g/mol. The number of nitrogens with zero attached hydrogens (tertiary/aromatic N) is 2. The van der Waals surface area contributed by atoms with Crippen molar-refractivity contribution < 1.29 is 18.3 Å². The number of aromatic nitrogens is 1. The molecule has 2 heterocycles. The van der Waals surface area contributed by atoms with Gasteiger partial charge in [-0.1, -0.05) is 0 Å². The second kappa shape index (κ2) is 5.31. The number of carboxylic acid groups (broad SMARTS) is 1. The van der Waals surface area contributed by atoms with E-state index in [-0.39, 0.29) is 11.3 Å². The van der Waals surface area contributed by atoms with Crippen LogP contribution in [0.2, 0.25) is 0 Å². The van der Waals surface area contributed by atoms with Crippen LogP contribution in [0.5, 0.6) is 0 Å². The minimum atomic E-state index is -3.38. The van der Waals surface area contributed by atoms with Gasteiger partial charge in [0.2, 0.25) is 10.0 Å². The molecule has 22 heavy (non-hydrogen) atoms. The Balaban J connectivity index is 2.27. The van der Waals surface area contributed by atoms with Gasteiger partial charge in [0.25, 0.3) is 0 Å². The minimum Gasteiger partial charge on any atom is -0.478 e. The van der Waals surface area contributed by atoms with Gasteiger partial charge < -0.3 is 9.67 Å². The summed E-state index contributed by atoms with van der Waals surface area (Å²) in [4.78, 5) is 11.4. The van der Waals surface area contributed by atoms with Crippen molar-refractivity contribution >= 4 is 32.6 Å². The number of aryl methyl sites for hydroxylation is 1. The summed E-state index contributed by atoms with van der Waals surface area (Å²) < 4.78 is 28.0. The smallest absolute Gasteiger partial charge is 0.335 e. The molecule has 3 rings (SSSR count). The molecule has 0 saturated carbocycles. The van der Waals surface area contributed by atoms with E-state index in [1.807, 2.05) is 23.8 Å². The summed E-state index contributed by atoms with van der Waals surface area (Å²) in [7, 11) is -3.38. The van der Waals surface area contributed by atoms with Crippen LogP contribution in [0, 0.1) is 0 Å². The van der Waals surface area contributed by atoms with Crippen molar-refractivity contribution in [1.29, 1.82) is 0 Å². The summed E-state index contributed by atoms with van der Waals surface area (Å²) in [5.41, 5.74) is 1.33. The number of aromatic carboxylic acids is 1. The van der Waals surface area contributed by atoms with Gasteiger partial charge in [-0.15, -0.1) is 0 Å². The number of carboxylic acids is 1. The second-order valence-corrected chi connectivity index (χ2v) is 7.44. The topological polar surface area (TPSA) is 79.6 Å². The minimum absolute atomic E-state index is 0.108. The molecule has 1 fully saturated rings. The van der Waals surface area contributed by atoms with Crippen LogP contribution in [0.3, 0.4) is 0 Å². The van der Waals surface area contributed by atoms with E-state index in [2.05, 4.69) is 0 Å². The molecule has 7 heteroatoms. The van der Waals surface area contributed by atoms with Crippen LogP contribution >= 0.6 is 0 Å². The van der Waals surface area contributed by atoms with Gasteiger partial charge in [-0.05, 0) is 38.0 Å². The van der Waals surface area contributed by atoms with E-state index in [1.165, 1.54) is 10.4 Å². The largest absolute Gasteiger partial charge is 0.478 e. The maximum absolute atomic E-state index is 12.4. The van der Waals surface area contributed by atoms with E-state index in [9.17, 15) is 18.3 Å². The molecule has 6 nitrogen and oxygen atoms in total. The molecule has 1 aliphatic heterocycles. The van der Waals surface area contributed by atoms with Gasteiger partial charge in [0.05, 0.1) is 22.5 Å². The number of hydrogen-bond acceptors (Lipinski definition) is 3. The summed E-state index contributed by atoms with van der Waals surface area (Å²) in [5, 5.41) is 10.1. The molecule has 1 aromatic carbocycles. The third kappa shape index (κ3) is 2.35. The lowest BCUT2D eigenvalue weighted by Crippen LogP contribution is -2.38. The summed E-state index contributed by atoms with van der Waals surface area (Å²) in [6.45, 7) is 3.06. The Bertz CT molecular complexity index is 839. The molecule has 0 radical (unpaired) electrons. The Kier molecular flexibility index (Phi) is 3.60. The number of fused-ring (bicyclic) bond motifs is 1. The first-order chi connectivity index (χ1) is 10.4. The SMILES string of the molecule is CCn1ccc2c(N3CCCCS3(=O)=O)cc(C(=O)O)cc21. The predicted octanol–water partition coefficient (Wildman–Crippen LogP) is 2.29. The van der Waals surface area contributed by atoms with Crippen molar-refractivity contribution in [3.8, 4) is 0 Å². The Hall–Kier alpha value is -2.02. The number of carbonyl (C=O) groups is 1. The first kappa shape index (κ1) is 14.9. The molecule has 1 aliphatic rings. The standard InChI is InChI=1S/C15H18N2O4S/c1-2-16-7-5-12-13(16)9-11(15(18)19)10-14(12)17-6-3-4-8-22(17,20)21/h5,7,9-10H,2-4,6,8H2,1H3,(H,18,19). The summed E-state index contributed by atoms with van der Waals surface area (Å²) in [5.74, 6) is -0.943. The second-order valence-electron chi connectivity index (χ2n) is 5.43. The third-order valence-electron chi connectivity index (χ3n) is 4.07. The van der Waals surface area contributed by atoms with E-state index in [0.29, 0.717) is 25.2 Å². The fraction of sp³-hybridized carbons (Fsp3) is 0.400. The molecule has 1 N–H and O–H groups in total. The van der Waals surface area contributed by atoms with Crippen molar-refractivity contribution in [1.82, 2.24) is 4.57 Å². The first-order valence-electron chi connectivity index (χ1n) is 7.30. The van der Waals surface area contributed by atoms with Crippen LogP contribution < -0.4 is 4.31 Å². The fourth-order valence-corrected chi connectivity index (χ4v) is 4.59. The average molecular weight is 322 g/mol. The molecule has 1 saturated heterocycles. The van der Waals surface area contributed by atoms with Gasteiger partial charge in [0.1, 0.15) is 0 Å². The first-order valence-corrected chi connectivity index (χ1v) is 8.91. The van der Waals surface area contributed by atoms with E-state index in [0.717, 1.165) is 17.3 Å². The van der Waals surface area contributed by atoms with Gasteiger partial charge in [0, 0.05) is 24.7 Å². The van der Waals surface area contributed by atoms with Gasteiger partial charge >= 0.3 is 5.97 Å². The molecule has 0 aliphatic carbocycles. The highest BCUT2D eigenvalue weighted by Gasteiger charge is 2.28. The predicted molar refractivity (Wildman–Crippen MR) is 84.9 cm³/mol. The summed E-state index contributed by atoms with van der Waals surface area (Å²) in [6, 6.07) is 4.92. The molecule has 2 aromatic rings. The lowest BCUT2D eigenvalue weighted by Gasteiger charge is -2.29. The Morgan fingerprint density at radius 1 is 1.32 bits per heavy atom. The van der Waals surface area contributed by atoms with Crippen LogP contribution in [-0.2, 0) is 16.6 Å². The molecule has 0 amide bonds. The zero-order valence-electron chi connectivity index (χ0n) is 12.3. The molecule has 0 bridgehead atoms. The number of benzene rings is 1. The van der Waals surface area contributed by atoms with Crippen molar-refractivity contribution in [3.05, 3.63) is 30.0 Å². The van der Waals surface area contributed by atoms with Crippen molar-refractivity contribution in [2.24, 2.45) is 0 Å². The van der Waals surface area contributed by atoms with Gasteiger partial charge in [-0.3, -0.25) is 4.31 Å². The fourth-order valence-electron chi connectivity index (χ4n) is 2.94. The van der Waals surface area contributed by atoms with Crippen molar-refractivity contribution in [3.63, 3.8) is 0 Å². The Morgan fingerprint density at radius 3 is 2.73 bits per heavy atom. The number of anilines is 1. The van der Waals surface area contributed by atoms with Crippen LogP contribution in [0.25, 0.3) is 10.9 Å². The molecular formula is C15H18N2O4S. The van der Waals surface area contributed by atoms with Crippen molar-refractivity contribution in [2.45, 2.75) is 26.3 Å². The van der Waals surface area contributed by atoms with Gasteiger partial charge in [-0.2, -0.15) is 0 Å². The van der Waals surface area contributed by atoms with E-state index >= 15 is 0 Å². The van der Waals surface area contributed by atoms with Gasteiger partial charge in [-0.25, -0.2) is 13.2 Å². The lowest BCUT2D eigenvalue weighted by atomic mass is 10.1. The third-order valence-corrected chi connectivity index (χ3v) is 5.93. The summed E-state index contributed by atoms with van der Waals surface area (Å²) >= 11 is 0. The quantitative estimate of drug-likeness (QED) is 0.940. The number of sulfonamides is 1. The molecule has 1 aromatic heterocycles. The molecule has 0 atom stereocenters. The maximum atomic E-state index is 12.4. The molecule has 118 valence electrons. The highest BCUT2D eigenvalue weighted by atomic mass is 32.2. The van der Waals surface area contributed by atoms with E-state index in [4.69, 9.17) is 0 Å². The number of rotatable bonds is 3. The van der Waals surface area contributed by atoms with E-state index in [1.54, 1.807) is 6.07 Å². The van der Waals surface area contributed by atoms with Crippen LogP contribution in [0.1, 0.15) is 30.1 Å². The normalized spacial score (nSPS) is 17.8. The Morgan fingerprint density at radius 2 is 2.09 bits per heavy atom. The highest BCUT2D eigenvalue weighted by molar-refractivity contribution is 7.92. The Labute approximate surface area is 129 Å². The average Bonchev–Trinajstić information content (AvgIpc) is 2.89. The molecule has 0 unspecified atom stereocenters. The highest BCUT2D eigenvalue weighted by Crippen LogP contribution is 2.33. The maximum Gasteiger partial charge on any atom is 0.335 e. The summed E-state index contributed by atoms with van der Waals surface area (Å²) in [6.07, 6.45) is 3.29. The zero-order chi connectivity index (χ0) is 15.9. The lowest BCUT2D eigenvalue weighted by molar-refractivity contribution is 0.0697. The van der Waals surface area contributed by atoms with Crippen LogP contribution in [-0.4, -0.2) is 36.4 Å². The molecular weight excluding hydrogens is 304 g/mol. The van der Waals surface area contributed by atoms with Crippen molar-refractivity contribution in [2.75, 3.05) is 16.6 Å². The van der Waals surface area contributed by atoms with Crippen LogP contribution in [0.4, 0.5) is 5.69 Å². The number of hydrogen-bond donors (Lipinski definition) is 1. The van der Waals surface area contributed by atoms with Gasteiger partial charge in [0.15, 0.2) is 0 Å². The van der Waals surface area contributed by atoms with Crippen LogP contribution in [0.15, 0.2) is 24.4 Å². The zero-order valence-corrected chi connectivity index (χ0v) is 13.1. The molecule has 0 spiro atoms.